The van der Waals surface area contributed by atoms with Gasteiger partial charge in [0.25, 0.3) is 0 Å². The molecule has 0 aliphatic carbocycles. The largest absolute Gasteiger partial charge is 0.380 e. The molecule has 1 aromatic carbocycles. The zero-order chi connectivity index (χ0) is 15.8. The molecule has 4 nitrogen and oxygen atoms in total. The van der Waals surface area contributed by atoms with Crippen molar-refractivity contribution < 1.29 is 4.74 Å². The van der Waals surface area contributed by atoms with Crippen molar-refractivity contribution in [3.63, 3.8) is 0 Å². The number of nitrogens with zero attached hydrogens (tertiary/aromatic N) is 3. The van der Waals surface area contributed by atoms with E-state index in [1.54, 1.807) is 7.11 Å². The van der Waals surface area contributed by atoms with Crippen molar-refractivity contribution in [2.75, 3.05) is 25.1 Å². The molecule has 118 valence electrons. The minimum absolute atomic E-state index is 0.342. The van der Waals surface area contributed by atoms with Gasteiger partial charge in [-0.25, -0.2) is 4.98 Å². The smallest absolute Gasteiger partial charge is 0.139 e. The van der Waals surface area contributed by atoms with Crippen LogP contribution in [0.1, 0.15) is 12.0 Å². The predicted octanol–water partition coefficient (Wildman–Crippen LogP) is 3.53. The number of anilines is 1. The highest BCUT2D eigenvalue weighted by atomic mass is 16.5. The van der Waals surface area contributed by atoms with Gasteiger partial charge in [0.05, 0.1) is 11.8 Å². The van der Waals surface area contributed by atoms with Gasteiger partial charge in [0.15, 0.2) is 0 Å². The second kappa shape index (κ2) is 5.70. The summed E-state index contributed by atoms with van der Waals surface area (Å²) in [7, 11) is 1.79. The lowest BCUT2D eigenvalue weighted by atomic mass is 10.1. The molecule has 0 unspecified atom stereocenters. The Labute approximate surface area is 136 Å². The molecule has 0 amide bonds. The minimum atomic E-state index is 0.342. The number of ether oxygens (including phenoxy) is 1. The Kier molecular flexibility index (Phi) is 3.54. The van der Waals surface area contributed by atoms with Gasteiger partial charge in [-0.15, -0.1) is 0 Å². The Balaban J connectivity index is 1.66. The summed E-state index contributed by atoms with van der Waals surface area (Å²) < 4.78 is 7.55. The van der Waals surface area contributed by atoms with Crippen LogP contribution in [0.5, 0.6) is 0 Å². The highest BCUT2D eigenvalue weighted by Crippen LogP contribution is 2.25. The summed E-state index contributed by atoms with van der Waals surface area (Å²) in [6.45, 7) is 4.10. The van der Waals surface area contributed by atoms with Gasteiger partial charge < -0.3 is 14.0 Å². The van der Waals surface area contributed by atoms with Crippen LogP contribution in [0.4, 0.5) is 5.69 Å². The third kappa shape index (κ3) is 2.70. The van der Waals surface area contributed by atoms with Crippen LogP contribution in [-0.2, 0) is 4.74 Å². The fraction of sp³-hybridized carbons (Fsp3) is 0.316. The maximum Gasteiger partial charge on any atom is 0.139 e. The molecule has 1 fully saturated rings. The summed E-state index contributed by atoms with van der Waals surface area (Å²) >= 11 is 0. The molecule has 2 aromatic heterocycles. The van der Waals surface area contributed by atoms with Crippen molar-refractivity contribution >= 4 is 11.3 Å². The number of aromatic nitrogens is 2. The normalized spacial score (nSPS) is 18.0. The zero-order valence-corrected chi connectivity index (χ0v) is 13.6. The van der Waals surface area contributed by atoms with Crippen LogP contribution >= 0.6 is 0 Å². The summed E-state index contributed by atoms with van der Waals surface area (Å²) in [5, 5.41) is 0. The fourth-order valence-corrected chi connectivity index (χ4v) is 3.19. The Morgan fingerprint density at radius 3 is 2.74 bits per heavy atom. The van der Waals surface area contributed by atoms with Crippen molar-refractivity contribution in [3.05, 3.63) is 54.4 Å². The van der Waals surface area contributed by atoms with E-state index < -0.39 is 0 Å². The molecule has 3 aromatic rings. The van der Waals surface area contributed by atoms with E-state index in [1.165, 1.54) is 11.3 Å². The van der Waals surface area contributed by atoms with Gasteiger partial charge in [0.1, 0.15) is 5.65 Å². The number of methoxy groups -OCH3 is 1. The summed E-state index contributed by atoms with van der Waals surface area (Å²) in [6, 6.07) is 12.8. The van der Waals surface area contributed by atoms with Gasteiger partial charge >= 0.3 is 0 Å². The number of benzene rings is 1. The molecule has 0 radical (unpaired) electrons. The Morgan fingerprint density at radius 2 is 2.00 bits per heavy atom. The summed E-state index contributed by atoms with van der Waals surface area (Å²) in [6.07, 6.45) is 5.61. The number of hydrogen-bond acceptors (Lipinski definition) is 3. The first kappa shape index (κ1) is 14.3. The predicted molar refractivity (Wildman–Crippen MR) is 93.0 cm³/mol. The van der Waals surface area contributed by atoms with Gasteiger partial charge in [-0.3, -0.25) is 0 Å². The van der Waals surface area contributed by atoms with Gasteiger partial charge in [0, 0.05) is 49.9 Å². The standard InChI is InChI=1S/C19H21N3O/c1-14-3-5-15(6-4-14)18-13-22-9-7-16(11-19(22)20-18)21-10-8-17(12-21)23-2/h3-7,9,11,13,17H,8,10,12H2,1-2H3/t17-/m0/s1. The summed E-state index contributed by atoms with van der Waals surface area (Å²) in [4.78, 5) is 7.16. The third-order valence-corrected chi connectivity index (χ3v) is 4.63. The molecule has 0 bridgehead atoms. The molecule has 0 N–H and O–H groups in total. The second-order valence-electron chi connectivity index (χ2n) is 6.23. The first-order chi connectivity index (χ1) is 11.2. The van der Waals surface area contributed by atoms with Crippen LogP contribution < -0.4 is 4.90 Å². The average molecular weight is 307 g/mol. The Hall–Kier alpha value is -2.33. The number of pyridine rings is 1. The van der Waals surface area contributed by atoms with E-state index in [2.05, 4.69) is 65.0 Å². The fourth-order valence-electron chi connectivity index (χ4n) is 3.19. The molecular weight excluding hydrogens is 286 g/mol. The monoisotopic (exact) mass is 307 g/mol. The molecule has 4 heteroatoms. The maximum absolute atomic E-state index is 5.46. The molecule has 0 spiro atoms. The van der Waals surface area contributed by atoms with Crippen LogP contribution in [0.3, 0.4) is 0 Å². The third-order valence-electron chi connectivity index (χ3n) is 4.63. The number of aryl methyl sites for hydroxylation is 1. The number of fused-ring (bicyclic) bond motifs is 1. The molecule has 1 aliphatic rings. The highest BCUT2D eigenvalue weighted by Gasteiger charge is 2.22. The molecule has 1 atom stereocenters. The molecule has 1 saturated heterocycles. The van der Waals surface area contributed by atoms with Crippen molar-refractivity contribution in [2.24, 2.45) is 0 Å². The average Bonchev–Trinajstić information content (AvgIpc) is 3.21. The van der Waals surface area contributed by atoms with Gasteiger partial charge in [0.2, 0.25) is 0 Å². The van der Waals surface area contributed by atoms with Gasteiger partial charge in [-0.05, 0) is 19.4 Å². The Morgan fingerprint density at radius 1 is 1.17 bits per heavy atom. The van der Waals surface area contributed by atoms with E-state index in [4.69, 9.17) is 9.72 Å². The van der Waals surface area contributed by atoms with Crippen molar-refractivity contribution in [2.45, 2.75) is 19.4 Å². The molecule has 0 saturated carbocycles. The molecule has 4 rings (SSSR count). The van der Waals surface area contributed by atoms with E-state index in [1.807, 2.05) is 0 Å². The molecule has 1 aliphatic heterocycles. The van der Waals surface area contributed by atoms with Crippen LogP contribution in [0, 0.1) is 6.92 Å². The van der Waals surface area contributed by atoms with Gasteiger partial charge in [-0.1, -0.05) is 29.8 Å². The zero-order valence-electron chi connectivity index (χ0n) is 13.6. The van der Waals surface area contributed by atoms with E-state index in [9.17, 15) is 0 Å². The lowest BCUT2D eigenvalue weighted by Gasteiger charge is -2.18. The first-order valence-corrected chi connectivity index (χ1v) is 8.06. The lowest BCUT2D eigenvalue weighted by molar-refractivity contribution is 0.121. The van der Waals surface area contributed by atoms with Crippen LogP contribution in [0.15, 0.2) is 48.8 Å². The number of imidazole rings is 1. The van der Waals surface area contributed by atoms with Crippen LogP contribution in [0.2, 0.25) is 0 Å². The van der Waals surface area contributed by atoms with E-state index >= 15 is 0 Å². The van der Waals surface area contributed by atoms with E-state index in [0.29, 0.717) is 6.10 Å². The molecule has 23 heavy (non-hydrogen) atoms. The molecular formula is C19H21N3O. The summed E-state index contributed by atoms with van der Waals surface area (Å²) in [5.41, 5.74) is 5.64. The summed E-state index contributed by atoms with van der Waals surface area (Å²) in [5.74, 6) is 0. The van der Waals surface area contributed by atoms with Gasteiger partial charge in [-0.2, -0.15) is 0 Å². The SMILES string of the molecule is CO[C@H]1CCN(c2ccn3cc(-c4ccc(C)cc4)nc3c2)C1. The number of rotatable bonds is 3. The maximum atomic E-state index is 5.46. The topological polar surface area (TPSA) is 29.8 Å². The molecule has 3 heterocycles. The van der Waals surface area contributed by atoms with Crippen LogP contribution in [-0.4, -0.2) is 35.7 Å². The van der Waals surface area contributed by atoms with Crippen LogP contribution in [0.25, 0.3) is 16.9 Å². The van der Waals surface area contributed by atoms with Crippen molar-refractivity contribution in [3.8, 4) is 11.3 Å². The van der Waals surface area contributed by atoms with E-state index in [-0.39, 0.29) is 0 Å². The van der Waals surface area contributed by atoms with E-state index in [0.717, 1.165) is 36.4 Å². The number of hydrogen-bond donors (Lipinski definition) is 0. The van der Waals surface area contributed by atoms with Crippen molar-refractivity contribution in [1.82, 2.24) is 9.38 Å². The minimum Gasteiger partial charge on any atom is -0.380 e. The second-order valence-corrected chi connectivity index (χ2v) is 6.23. The van der Waals surface area contributed by atoms with Crippen molar-refractivity contribution in [1.29, 1.82) is 0 Å². The highest BCUT2D eigenvalue weighted by molar-refractivity contribution is 5.65. The first-order valence-electron chi connectivity index (χ1n) is 8.06. The quantitative estimate of drug-likeness (QED) is 0.741. The lowest BCUT2D eigenvalue weighted by Crippen LogP contribution is -2.22. The Bertz CT molecular complexity index is 822.